The molecule has 3 N–H and O–H groups in total. The van der Waals surface area contributed by atoms with E-state index in [-0.39, 0.29) is 0 Å². The lowest BCUT2D eigenvalue weighted by atomic mass is 10.1. The van der Waals surface area contributed by atoms with Gasteiger partial charge in [-0.25, -0.2) is 10.8 Å². The second-order valence-electron chi connectivity index (χ2n) is 4.43. The molecule has 0 radical (unpaired) electrons. The molecular formula is C11H21N5. The third kappa shape index (κ3) is 2.82. The van der Waals surface area contributed by atoms with Crippen molar-refractivity contribution in [2.75, 3.05) is 17.4 Å². The van der Waals surface area contributed by atoms with Gasteiger partial charge >= 0.3 is 0 Å². The highest BCUT2D eigenvalue weighted by Gasteiger charge is 2.15. The molecule has 1 aromatic heterocycles. The molecule has 5 heteroatoms. The van der Waals surface area contributed by atoms with Crippen molar-refractivity contribution in [2.24, 2.45) is 11.8 Å². The molecular weight excluding hydrogens is 202 g/mol. The smallest absolute Gasteiger partial charge is 0.239 e. The van der Waals surface area contributed by atoms with Crippen molar-refractivity contribution in [3.8, 4) is 0 Å². The Morgan fingerprint density at radius 1 is 1.31 bits per heavy atom. The standard InChI is InChI=1S/C11H21N5/c1-7(2)9(4)16(5)10-6-8(3)13-11(14-10)15-12/h6-7,9H,12H2,1-5H3,(H,13,14,15). The SMILES string of the molecule is Cc1cc(N(C)C(C)C(C)C)nc(NN)n1. The number of nitrogens with zero attached hydrogens (tertiary/aromatic N) is 3. The Morgan fingerprint density at radius 3 is 2.44 bits per heavy atom. The maximum atomic E-state index is 5.33. The Bertz CT molecular complexity index is 350. The molecule has 0 aromatic carbocycles. The largest absolute Gasteiger partial charge is 0.357 e. The summed E-state index contributed by atoms with van der Waals surface area (Å²) in [7, 11) is 2.03. The zero-order valence-electron chi connectivity index (χ0n) is 10.7. The van der Waals surface area contributed by atoms with Crippen molar-refractivity contribution in [2.45, 2.75) is 33.7 Å². The summed E-state index contributed by atoms with van der Waals surface area (Å²) >= 11 is 0. The Morgan fingerprint density at radius 2 is 1.94 bits per heavy atom. The van der Waals surface area contributed by atoms with E-state index >= 15 is 0 Å². The van der Waals surface area contributed by atoms with E-state index in [4.69, 9.17) is 5.84 Å². The van der Waals surface area contributed by atoms with Gasteiger partial charge < -0.3 is 4.90 Å². The van der Waals surface area contributed by atoms with Crippen LogP contribution in [0.5, 0.6) is 0 Å². The van der Waals surface area contributed by atoms with Crippen LogP contribution in [0.1, 0.15) is 26.5 Å². The minimum Gasteiger partial charge on any atom is -0.357 e. The average Bonchev–Trinajstić information content (AvgIpc) is 2.25. The average molecular weight is 223 g/mol. The summed E-state index contributed by atoms with van der Waals surface area (Å²) in [5, 5.41) is 0. The van der Waals surface area contributed by atoms with Crippen LogP contribution in [0.4, 0.5) is 11.8 Å². The number of aromatic nitrogens is 2. The van der Waals surface area contributed by atoms with E-state index < -0.39 is 0 Å². The summed E-state index contributed by atoms with van der Waals surface area (Å²) in [5.74, 6) is 7.24. The minimum absolute atomic E-state index is 0.417. The number of anilines is 2. The van der Waals surface area contributed by atoms with Crippen LogP contribution < -0.4 is 16.2 Å². The van der Waals surface area contributed by atoms with Crippen LogP contribution in [-0.4, -0.2) is 23.1 Å². The van der Waals surface area contributed by atoms with Crippen LogP contribution in [0.15, 0.2) is 6.07 Å². The van der Waals surface area contributed by atoms with Gasteiger partial charge in [0.25, 0.3) is 0 Å². The van der Waals surface area contributed by atoms with E-state index in [1.807, 2.05) is 20.0 Å². The fourth-order valence-electron chi connectivity index (χ4n) is 1.45. The van der Waals surface area contributed by atoms with Gasteiger partial charge in [0.05, 0.1) is 0 Å². The number of nitrogens with one attached hydrogen (secondary N) is 1. The second kappa shape index (κ2) is 5.12. The summed E-state index contributed by atoms with van der Waals surface area (Å²) in [6, 6.07) is 2.37. The lowest BCUT2D eigenvalue weighted by molar-refractivity contribution is 0.502. The van der Waals surface area contributed by atoms with Gasteiger partial charge in [-0.2, -0.15) is 4.98 Å². The van der Waals surface area contributed by atoms with Crippen molar-refractivity contribution in [3.05, 3.63) is 11.8 Å². The number of nitrogens with two attached hydrogens (primary N) is 1. The first-order chi connectivity index (χ1) is 7.45. The van der Waals surface area contributed by atoms with Crippen LogP contribution in [0.2, 0.25) is 0 Å². The van der Waals surface area contributed by atoms with Gasteiger partial charge in [-0.1, -0.05) is 13.8 Å². The first-order valence-electron chi connectivity index (χ1n) is 5.50. The molecule has 0 saturated heterocycles. The molecule has 0 aliphatic rings. The van der Waals surface area contributed by atoms with Gasteiger partial charge in [0.1, 0.15) is 5.82 Å². The third-order valence-corrected chi connectivity index (χ3v) is 2.91. The number of hydrogen-bond donors (Lipinski definition) is 2. The minimum atomic E-state index is 0.417. The van der Waals surface area contributed by atoms with E-state index in [0.717, 1.165) is 11.5 Å². The Kier molecular flexibility index (Phi) is 4.06. The number of aryl methyl sites for hydroxylation is 1. The van der Waals surface area contributed by atoms with Crippen molar-refractivity contribution in [1.29, 1.82) is 0 Å². The van der Waals surface area contributed by atoms with Gasteiger partial charge in [0, 0.05) is 24.8 Å². The number of nitrogen functional groups attached to an aromatic ring is 1. The molecule has 90 valence electrons. The lowest BCUT2D eigenvalue weighted by Crippen LogP contribution is -2.34. The van der Waals surface area contributed by atoms with Crippen molar-refractivity contribution >= 4 is 11.8 Å². The molecule has 1 rings (SSSR count). The Labute approximate surface area is 97.0 Å². The molecule has 1 unspecified atom stereocenters. The first kappa shape index (κ1) is 12.7. The molecule has 0 bridgehead atoms. The molecule has 1 atom stereocenters. The maximum absolute atomic E-state index is 5.33. The number of hydrazine groups is 1. The van der Waals surface area contributed by atoms with Crippen LogP contribution >= 0.6 is 0 Å². The fraction of sp³-hybridized carbons (Fsp3) is 0.636. The molecule has 0 amide bonds. The zero-order chi connectivity index (χ0) is 12.3. The Hall–Kier alpha value is -1.36. The maximum Gasteiger partial charge on any atom is 0.239 e. The summed E-state index contributed by atoms with van der Waals surface area (Å²) in [4.78, 5) is 10.6. The predicted molar refractivity (Wildman–Crippen MR) is 67.3 cm³/mol. The van der Waals surface area contributed by atoms with Crippen LogP contribution in [0, 0.1) is 12.8 Å². The quantitative estimate of drug-likeness (QED) is 0.599. The molecule has 0 spiro atoms. The third-order valence-electron chi connectivity index (χ3n) is 2.91. The highest BCUT2D eigenvalue weighted by atomic mass is 15.3. The lowest BCUT2D eigenvalue weighted by Gasteiger charge is -2.29. The van der Waals surface area contributed by atoms with E-state index in [1.54, 1.807) is 0 Å². The van der Waals surface area contributed by atoms with Gasteiger partial charge in [0.15, 0.2) is 0 Å². The number of hydrogen-bond acceptors (Lipinski definition) is 5. The van der Waals surface area contributed by atoms with Gasteiger partial charge in [-0.15, -0.1) is 0 Å². The molecule has 0 fully saturated rings. The van der Waals surface area contributed by atoms with Gasteiger partial charge in [-0.05, 0) is 19.8 Å². The van der Waals surface area contributed by atoms with Crippen molar-refractivity contribution in [1.82, 2.24) is 9.97 Å². The molecule has 16 heavy (non-hydrogen) atoms. The monoisotopic (exact) mass is 223 g/mol. The highest BCUT2D eigenvalue weighted by Crippen LogP contribution is 2.18. The molecule has 5 nitrogen and oxygen atoms in total. The van der Waals surface area contributed by atoms with E-state index in [0.29, 0.717) is 17.9 Å². The van der Waals surface area contributed by atoms with Crippen molar-refractivity contribution < 1.29 is 0 Å². The molecule has 1 aromatic rings. The van der Waals surface area contributed by atoms with E-state index in [2.05, 4.69) is 41.1 Å². The fourth-order valence-corrected chi connectivity index (χ4v) is 1.45. The summed E-state index contributed by atoms with van der Waals surface area (Å²) in [5.41, 5.74) is 3.39. The second-order valence-corrected chi connectivity index (χ2v) is 4.43. The summed E-state index contributed by atoms with van der Waals surface area (Å²) in [6.07, 6.45) is 0. The van der Waals surface area contributed by atoms with Crippen LogP contribution in [0.25, 0.3) is 0 Å². The van der Waals surface area contributed by atoms with E-state index in [9.17, 15) is 0 Å². The number of rotatable bonds is 4. The van der Waals surface area contributed by atoms with Gasteiger partial charge in [0.2, 0.25) is 5.95 Å². The van der Waals surface area contributed by atoms with E-state index in [1.165, 1.54) is 0 Å². The zero-order valence-corrected chi connectivity index (χ0v) is 10.7. The highest BCUT2D eigenvalue weighted by molar-refractivity contribution is 5.44. The molecule has 0 aliphatic carbocycles. The van der Waals surface area contributed by atoms with Crippen molar-refractivity contribution in [3.63, 3.8) is 0 Å². The van der Waals surface area contributed by atoms with Gasteiger partial charge in [-0.3, -0.25) is 5.43 Å². The first-order valence-corrected chi connectivity index (χ1v) is 5.50. The Balaban J connectivity index is 2.98. The molecule has 0 saturated carbocycles. The van der Waals surface area contributed by atoms with Crippen LogP contribution in [0.3, 0.4) is 0 Å². The summed E-state index contributed by atoms with van der Waals surface area (Å²) < 4.78 is 0. The summed E-state index contributed by atoms with van der Waals surface area (Å²) in [6.45, 7) is 8.49. The molecule has 1 heterocycles. The van der Waals surface area contributed by atoms with Crippen LogP contribution in [-0.2, 0) is 0 Å². The topological polar surface area (TPSA) is 67.1 Å². The predicted octanol–water partition coefficient (Wildman–Crippen LogP) is 1.55. The normalized spacial score (nSPS) is 12.7. The molecule has 0 aliphatic heterocycles.